The molecule has 0 aromatic heterocycles. The molecule has 1 amide bonds. The van der Waals surface area contributed by atoms with E-state index in [9.17, 15) is 19.0 Å². The van der Waals surface area contributed by atoms with Crippen molar-refractivity contribution in [3.05, 3.63) is 85.1 Å². The molecule has 0 aromatic rings. The van der Waals surface area contributed by atoms with E-state index in [0.717, 1.165) is 77.0 Å². The van der Waals surface area contributed by atoms with E-state index in [1.807, 2.05) is 39.4 Å². The van der Waals surface area contributed by atoms with Crippen molar-refractivity contribution in [2.75, 3.05) is 40.9 Å². The fourth-order valence-corrected chi connectivity index (χ4v) is 8.98. The average Bonchev–Trinajstić information content (AvgIpc) is 3.35. The summed E-state index contributed by atoms with van der Waals surface area (Å²) in [5.74, 6) is -0.637. The van der Waals surface area contributed by atoms with Gasteiger partial charge >= 0.3 is 5.97 Å². The van der Waals surface area contributed by atoms with E-state index in [0.29, 0.717) is 23.9 Å². The normalized spacial score (nSPS) is 14.3. The van der Waals surface area contributed by atoms with Crippen LogP contribution in [0, 0.1) is 0 Å². The minimum Gasteiger partial charge on any atom is -0.756 e. The molecule has 0 bridgehead atoms. The van der Waals surface area contributed by atoms with Gasteiger partial charge in [-0.25, -0.2) is 0 Å². The first-order valence-corrected chi connectivity index (χ1v) is 31.4. The fourth-order valence-electron chi connectivity index (χ4n) is 8.25. The Balaban J connectivity index is 5.38. The van der Waals surface area contributed by atoms with Crippen molar-refractivity contribution >= 4 is 19.7 Å². The van der Waals surface area contributed by atoms with Crippen molar-refractivity contribution < 1.29 is 37.3 Å². The molecule has 0 aromatic carbocycles. The molecule has 0 fully saturated rings. The van der Waals surface area contributed by atoms with Crippen molar-refractivity contribution in [2.45, 2.75) is 264 Å². The number of phosphoric acid groups is 1. The van der Waals surface area contributed by atoms with E-state index in [4.69, 9.17) is 13.8 Å². The number of unbranched alkanes of at least 4 members (excludes halogenated alkanes) is 25. The molecular weight excluding hydrogens is 928 g/mol. The molecule has 0 spiro atoms. The Morgan fingerprint density at radius 3 is 1.32 bits per heavy atom. The minimum atomic E-state index is -4.71. The molecule has 9 nitrogen and oxygen atoms in total. The van der Waals surface area contributed by atoms with Gasteiger partial charge in [-0.3, -0.25) is 14.2 Å². The second-order valence-electron chi connectivity index (χ2n) is 21.1. The second-order valence-corrected chi connectivity index (χ2v) is 22.5. The van der Waals surface area contributed by atoms with Gasteiger partial charge in [0.15, 0.2) is 0 Å². The van der Waals surface area contributed by atoms with Crippen molar-refractivity contribution in [3.63, 3.8) is 0 Å². The van der Waals surface area contributed by atoms with Gasteiger partial charge in [0.2, 0.25) is 5.91 Å². The summed E-state index contributed by atoms with van der Waals surface area (Å²) >= 11 is 0. The Bertz CT molecular complexity index is 1530. The number of hydrogen-bond acceptors (Lipinski definition) is 7. The summed E-state index contributed by atoms with van der Waals surface area (Å²) < 4.78 is 30.2. The average molecular weight is 1040 g/mol. The van der Waals surface area contributed by atoms with Crippen LogP contribution in [-0.2, 0) is 27.9 Å². The van der Waals surface area contributed by atoms with Crippen LogP contribution in [0.1, 0.15) is 252 Å². The van der Waals surface area contributed by atoms with Crippen molar-refractivity contribution in [1.29, 1.82) is 0 Å². The summed E-state index contributed by atoms with van der Waals surface area (Å²) in [6.07, 6.45) is 68.5. The zero-order valence-electron chi connectivity index (χ0n) is 48.1. The van der Waals surface area contributed by atoms with Crippen molar-refractivity contribution in [1.82, 2.24) is 5.32 Å². The predicted molar refractivity (Wildman–Crippen MR) is 311 cm³/mol. The molecular formula is C63H113N2O7P. The van der Waals surface area contributed by atoms with Crippen LogP contribution in [0.2, 0.25) is 0 Å². The lowest BCUT2D eigenvalue weighted by atomic mass is 10.0. The molecule has 0 radical (unpaired) electrons. The van der Waals surface area contributed by atoms with Gasteiger partial charge in [0, 0.05) is 12.8 Å². The zero-order valence-corrected chi connectivity index (χ0v) is 49.0. The Labute approximate surface area is 450 Å². The van der Waals surface area contributed by atoms with Gasteiger partial charge in [-0.1, -0.05) is 254 Å². The lowest BCUT2D eigenvalue weighted by Gasteiger charge is -2.30. The summed E-state index contributed by atoms with van der Waals surface area (Å²) in [7, 11) is 1.14. The molecule has 0 saturated carbocycles. The van der Waals surface area contributed by atoms with E-state index < -0.39 is 32.5 Å². The van der Waals surface area contributed by atoms with Crippen LogP contribution in [0.4, 0.5) is 0 Å². The predicted octanol–water partition coefficient (Wildman–Crippen LogP) is 17.6. The van der Waals surface area contributed by atoms with Crippen LogP contribution in [0.15, 0.2) is 85.1 Å². The highest BCUT2D eigenvalue weighted by Crippen LogP contribution is 2.38. The van der Waals surface area contributed by atoms with Crippen LogP contribution in [0.3, 0.4) is 0 Å². The maximum atomic E-state index is 13.5. The van der Waals surface area contributed by atoms with E-state index >= 15 is 0 Å². The third-order valence-corrected chi connectivity index (χ3v) is 13.8. The number of phosphoric ester groups is 1. The molecule has 10 heteroatoms. The molecule has 0 aliphatic carbocycles. The van der Waals surface area contributed by atoms with Gasteiger partial charge in [-0.2, -0.15) is 0 Å². The molecule has 0 saturated heterocycles. The molecule has 0 aliphatic heterocycles. The number of nitrogens with zero attached hydrogens (tertiary/aromatic N) is 1. The lowest BCUT2D eigenvalue weighted by molar-refractivity contribution is -0.870. The number of nitrogens with one attached hydrogen (secondary N) is 1. The largest absolute Gasteiger partial charge is 0.756 e. The molecule has 0 rings (SSSR count). The van der Waals surface area contributed by atoms with E-state index in [1.165, 1.54) is 135 Å². The number of likely N-dealkylation sites (N-methyl/N-ethyl adjacent to an activating group) is 1. The number of amides is 1. The van der Waals surface area contributed by atoms with Gasteiger partial charge < -0.3 is 28.5 Å². The summed E-state index contributed by atoms with van der Waals surface area (Å²) in [6.45, 7) is 6.68. The van der Waals surface area contributed by atoms with E-state index in [2.05, 4.69) is 86.8 Å². The third-order valence-electron chi connectivity index (χ3n) is 12.9. The summed E-state index contributed by atoms with van der Waals surface area (Å²) in [6, 6.07) is -0.920. The minimum absolute atomic E-state index is 0.0354. The van der Waals surface area contributed by atoms with Gasteiger partial charge in [0.25, 0.3) is 7.82 Å². The number of allylic oxidation sites excluding steroid dienone is 13. The van der Waals surface area contributed by atoms with Gasteiger partial charge in [-0.15, -0.1) is 0 Å². The van der Waals surface area contributed by atoms with E-state index in [-0.39, 0.29) is 18.9 Å². The van der Waals surface area contributed by atoms with Crippen LogP contribution >= 0.6 is 7.82 Å². The Hall–Kier alpha value is -2.81. The zero-order chi connectivity index (χ0) is 53.6. The first kappa shape index (κ1) is 70.2. The monoisotopic (exact) mass is 1040 g/mol. The van der Waals surface area contributed by atoms with Crippen LogP contribution < -0.4 is 10.2 Å². The highest BCUT2D eigenvalue weighted by atomic mass is 31.2. The highest BCUT2D eigenvalue weighted by Gasteiger charge is 2.27. The van der Waals surface area contributed by atoms with Crippen LogP contribution in [-0.4, -0.2) is 69.4 Å². The number of rotatable bonds is 53. The molecule has 422 valence electrons. The SMILES string of the molecule is CC/C=C\C/C=C\C/C=C\C/C=C\C/C=C\C/C=C\CCC(=O)OC(/C=C/CCCCCCCCCCC)C(COP(=O)([O-])OCC[N+](C)(C)C)NC(=O)CCCCCCCCCCCCCCCCCCC. The topological polar surface area (TPSA) is 114 Å². The first-order chi connectivity index (χ1) is 35.4. The quantitative estimate of drug-likeness (QED) is 0.0212. The second kappa shape index (κ2) is 52.6. The third kappa shape index (κ3) is 53.8. The van der Waals surface area contributed by atoms with Crippen LogP contribution in [0.5, 0.6) is 0 Å². The Morgan fingerprint density at radius 1 is 0.493 bits per heavy atom. The van der Waals surface area contributed by atoms with Gasteiger partial charge in [-0.05, 0) is 70.3 Å². The van der Waals surface area contributed by atoms with Crippen LogP contribution in [0.25, 0.3) is 0 Å². The molecule has 3 atom stereocenters. The molecule has 73 heavy (non-hydrogen) atoms. The summed E-state index contributed by atoms with van der Waals surface area (Å²) in [5, 5.41) is 3.00. The van der Waals surface area contributed by atoms with E-state index in [1.54, 1.807) is 6.08 Å². The standard InChI is InChI=1S/C63H113N2O7P/c1-7-10-13-16-19-22-25-27-29-31-32-34-36-38-41-44-47-50-53-56-63(67)72-61(54-51-48-45-42-39-24-21-18-15-12-9-3)60(59-71-73(68,69)70-58-57-65(4,5)6)64-62(66)55-52-49-46-43-40-37-35-33-30-28-26-23-20-17-14-11-8-2/h10,13,19,22,27,29,32,34,38,41,47,50-51,54,60-61H,7-9,11-12,14-18,20-21,23-26,28,30-31,33,35-37,39-40,42-46,48-49,52-53,55-59H2,1-6H3,(H-,64,66,68,69)/b13-10-,22-19-,29-27-,34-32-,41-38-,50-47-,54-51+. The molecule has 0 heterocycles. The maximum absolute atomic E-state index is 13.5. The number of esters is 1. The Kier molecular flexibility index (Phi) is 50.6. The molecule has 0 aliphatic rings. The number of ether oxygens (including phenoxy) is 1. The van der Waals surface area contributed by atoms with Crippen molar-refractivity contribution in [2.24, 2.45) is 0 Å². The Morgan fingerprint density at radius 2 is 0.890 bits per heavy atom. The molecule has 1 N–H and O–H groups in total. The fraction of sp³-hybridized carbons (Fsp3) is 0.746. The number of quaternary nitrogens is 1. The number of carbonyl (C=O) groups excluding carboxylic acids is 2. The molecule has 3 unspecified atom stereocenters. The maximum Gasteiger partial charge on any atom is 0.306 e. The van der Waals surface area contributed by atoms with Gasteiger partial charge in [0.1, 0.15) is 19.3 Å². The van der Waals surface area contributed by atoms with Gasteiger partial charge in [0.05, 0.1) is 33.8 Å². The number of carbonyl (C=O) groups is 2. The summed E-state index contributed by atoms with van der Waals surface area (Å²) in [5.41, 5.74) is 0. The smallest absolute Gasteiger partial charge is 0.306 e. The summed E-state index contributed by atoms with van der Waals surface area (Å²) in [4.78, 5) is 39.9. The highest BCUT2D eigenvalue weighted by molar-refractivity contribution is 7.45. The van der Waals surface area contributed by atoms with Crippen molar-refractivity contribution in [3.8, 4) is 0 Å². The first-order valence-electron chi connectivity index (χ1n) is 29.9. The number of hydrogen-bond donors (Lipinski definition) is 1. The lowest BCUT2D eigenvalue weighted by Crippen LogP contribution is -2.47.